The van der Waals surface area contributed by atoms with Gasteiger partial charge in [-0.1, -0.05) is 12.1 Å². The zero-order valence-corrected chi connectivity index (χ0v) is 13.9. The second-order valence-corrected chi connectivity index (χ2v) is 6.15. The molecule has 1 amide bonds. The predicted octanol–water partition coefficient (Wildman–Crippen LogP) is 4.39. The summed E-state index contributed by atoms with van der Waals surface area (Å²) in [5, 5.41) is 3.77. The number of anilines is 1. The Morgan fingerprint density at radius 2 is 2.09 bits per heavy atom. The van der Waals surface area contributed by atoms with Gasteiger partial charge in [-0.25, -0.2) is 4.98 Å². The number of carbonyl (C=O) groups is 1. The zero-order chi connectivity index (χ0) is 15.7. The molecule has 0 bridgehead atoms. The molecule has 0 fully saturated rings. The van der Waals surface area contributed by atoms with Crippen molar-refractivity contribution in [1.29, 1.82) is 0 Å². The SMILES string of the molecule is Cc1ccc2c(CC(=O)Nc3ccc(Br)cn3)coc2c1C. The maximum atomic E-state index is 12.2. The van der Waals surface area contributed by atoms with Crippen LogP contribution in [-0.2, 0) is 11.2 Å². The van der Waals surface area contributed by atoms with Gasteiger partial charge in [0.1, 0.15) is 11.4 Å². The number of hydrogen-bond acceptors (Lipinski definition) is 3. The third kappa shape index (κ3) is 2.90. The van der Waals surface area contributed by atoms with E-state index in [1.807, 2.05) is 32.0 Å². The first-order valence-electron chi connectivity index (χ1n) is 6.92. The lowest BCUT2D eigenvalue weighted by molar-refractivity contribution is -0.115. The van der Waals surface area contributed by atoms with Crippen molar-refractivity contribution >= 4 is 38.6 Å². The van der Waals surface area contributed by atoms with Crippen molar-refractivity contribution < 1.29 is 9.21 Å². The van der Waals surface area contributed by atoms with Crippen molar-refractivity contribution in [2.45, 2.75) is 20.3 Å². The van der Waals surface area contributed by atoms with Crippen LogP contribution in [0.4, 0.5) is 5.82 Å². The third-order valence-corrected chi connectivity index (χ3v) is 4.16. The highest BCUT2D eigenvalue weighted by Crippen LogP contribution is 2.26. The van der Waals surface area contributed by atoms with E-state index in [4.69, 9.17) is 4.42 Å². The van der Waals surface area contributed by atoms with E-state index < -0.39 is 0 Å². The van der Waals surface area contributed by atoms with Gasteiger partial charge in [-0.15, -0.1) is 0 Å². The molecule has 112 valence electrons. The van der Waals surface area contributed by atoms with Crippen molar-refractivity contribution in [3.8, 4) is 0 Å². The lowest BCUT2D eigenvalue weighted by atomic mass is 10.0. The van der Waals surface area contributed by atoms with Crippen LogP contribution >= 0.6 is 15.9 Å². The molecule has 0 aliphatic rings. The normalized spacial score (nSPS) is 10.9. The molecule has 1 N–H and O–H groups in total. The van der Waals surface area contributed by atoms with Gasteiger partial charge in [-0.3, -0.25) is 4.79 Å². The first-order chi connectivity index (χ1) is 10.5. The molecule has 5 heteroatoms. The molecule has 0 aliphatic heterocycles. The van der Waals surface area contributed by atoms with Gasteiger partial charge in [0.2, 0.25) is 5.91 Å². The third-order valence-electron chi connectivity index (χ3n) is 3.69. The van der Waals surface area contributed by atoms with Gasteiger partial charge in [0.05, 0.1) is 12.7 Å². The van der Waals surface area contributed by atoms with Crippen LogP contribution in [0.3, 0.4) is 0 Å². The molecule has 0 radical (unpaired) electrons. The quantitative estimate of drug-likeness (QED) is 0.755. The van der Waals surface area contributed by atoms with Crippen LogP contribution in [-0.4, -0.2) is 10.9 Å². The van der Waals surface area contributed by atoms with Crippen molar-refractivity contribution in [3.63, 3.8) is 0 Å². The minimum Gasteiger partial charge on any atom is -0.464 e. The van der Waals surface area contributed by atoms with E-state index in [0.717, 1.165) is 26.6 Å². The van der Waals surface area contributed by atoms with Crippen LogP contribution in [0.1, 0.15) is 16.7 Å². The molecule has 22 heavy (non-hydrogen) atoms. The number of aryl methyl sites for hydroxylation is 2. The largest absolute Gasteiger partial charge is 0.464 e. The summed E-state index contributed by atoms with van der Waals surface area (Å²) in [6, 6.07) is 7.64. The zero-order valence-electron chi connectivity index (χ0n) is 12.3. The molecular formula is C17H15BrN2O2. The van der Waals surface area contributed by atoms with E-state index >= 15 is 0 Å². The number of carbonyl (C=O) groups excluding carboxylic acids is 1. The van der Waals surface area contributed by atoms with E-state index in [1.54, 1.807) is 18.5 Å². The van der Waals surface area contributed by atoms with Crippen LogP contribution in [0, 0.1) is 13.8 Å². The van der Waals surface area contributed by atoms with Crippen molar-refractivity contribution in [2.75, 3.05) is 5.32 Å². The number of benzene rings is 1. The highest BCUT2D eigenvalue weighted by molar-refractivity contribution is 9.10. The fraction of sp³-hybridized carbons (Fsp3) is 0.176. The van der Waals surface area contributed by atoms with Crippen LogP contribution in [0.15, 0.2) is 45.6 Å². The van der Waals surface area contributed by atoms with Crippen LogP contribution < -0.4 is 5.32 Å². The van der Waals surface area contributed by atoms with Gasteiger partial charge < -0.3 is 9.73 Å². The molecule has 1 aromatic carbocycles. The number of rotatable bonds is 3. The Hall–Kier alpha value is -2.14. The molecule has 3 aromatic rings. The number of furan rings is 1. The molecule has 3 rings (SSSR count). The number of amides is 1. The summed E-state index contributed by atoms with van der Waals surface area (Å²) in [5.41, 5.74) is 4.02. The summed E-state index contributed by atoms with van der Waals surface area (Å²) in [6.45, 7) is 4.07. The summed E-state index contributed by atoms with van der Waals surface area (Å²) in [4.78, 5) is 16.3. The summed E-state index contributed by atoms with van der Waals surface area (Å²) in [6.07, 6.45) is 3.56. The number of hydrogen-bond donors (Lipinski definition) is 1. The monoisotopic (exact) mass is 358 g/mol. The number of pyridine rings is 1. The van der Waals surface area contributed by atoms with E-state index in [-0.39, 0.29) is 12.3 Å². The number of nitrogens with zero attached hydrogens (tertiary/aromatic N) is 1. The van der Waals surface area contributed by atoms with Crippen LogP contribution in [0.25, 0.3) is 11.0 Å². The Morgan fingerprint density at radius 1 is 1.27 bits per heavy atom. The standard InChI is InChI=1S/C17H15BrN2O2/c1-10-3-5-14-12(9-22-17(14)11(10)2)7-16(21)20-15-6-4-13(18)8-19-15/h3-6,8-9H,7H2,1-2H3,(H,19,20,21). The number of fused-ring (bicyclic) bond motifs is 1. The molecular weight excluding hydrogens is 344 g/mol. The molecule has 0 spiro atoms. The van der Waals surface area contributed by atoms with E-state index in [0.29, 0.717) is 5.82 Å². The highest BCUT2D eigenvalue weighted by Gasteiger charge is 2.13. The number of halogens is 1. The van der Waals surface area contributed by atoms with Gasteiger partial charge >= 0.3 is 0 Å². The lowest BCUT2D eigenvalue weighted by Gasteiger charge is -2.04. The van der Waals surface area contributed by atoms with Gasteiger partial charge in [0.25, 0.3) is 0 Å². The van der Waals surface area contributed by atoms with E-state index in [2.05, 4.69) is 26.2 Å². The Bertz CT molecular complexity index is 838. The summed E-state index contributed by atoms with van der Waals surface area (Å²) in [7, 11) is 0. The average molecular weight is 359 g/mol. The van der Waals surface area contributed by atoms with Gasteiger partial charge in [-0.2, -0.15) is 0 Å². The van der Waals surface area contributed by atoms with Crippen molar-refractivity contribution in [1.82, 2.24) is 4.98 Å². The molecule has 0 aliphatic carbocycles. The van der Waals surface area contributed by atoms with Gasteiger partial charge in [0, 0.05) is 21.6 Å². The topological polar surface area (TPSA) is 55.1 Å². The van der Waals surface area contributed by atoms with Crippen LogP contribution in [0.5, 0.6) is 0 Å². The lowest BCUT2D eigenvalue weighted by Crippen LogP contribution is -2.15. The molecule has 0 saturated heterocycles. The molecule has 0 saturated carbocycles. The van der Waals surface area contributed by atoms with Gasteiger partial charge in [-0.05, 0) is 53.0 Å². The predicted molar refractivity (Wildman–Crippen MR) is 90.0 cm³/mol. The second-order valence-electron chi connectivity index (χ2n) is 5.23. The fourth-order valence-electron chi connectivity index (χ4n) is 2.34. The van der Waals surface area contributed by atoms with Crippen molar-refractivity contribution in [2.24, 2.45) is 0 Å². The second kappa shape index (κ2) is 5.93. The summed E-state index contributed by atoms with van der Waals surface area (Å²) >= 11 is 3.31. The summed E-state index contributed by atoms with van der Waals surface area (Å²) < 4.78 is 6.50. The highest BCUT2D eigenvalue weighted by atomic mass is 79.9. The first kappa shape index (κ1) is 14.8. The fourth-order valence-corrected chi connectivity index (χ4v) is 2.57. The maximum Gasteiger partial charge on any atom is 0.230 e. The average Bonchev–Trinajstić information content (AvgIpc) is 2.89. The number of nitrogens with one attached hydrogen (secondary N) is 1. The van der Waals surface area contributed by atoms with Crippen molar-refractivity contribution in [3.05, 3.63) is 57.9 Å². The smallest absolute Gasteiger partial charge is 0.230 e. The van der Waals surface area contributed by atoms with E-state index in [1.165, 1.54) is 5.56 Å². The Morgan fingerprint density at radius 3 is 2.82 bits per heavy atom. The minimum atomic E-state index is -0.115. The molecule has 2 heterocycles. The molecule has 2 aromatic heterocycles. The van der Waals surface area contributed by atoms with Crippen LogP contribution in [0.2, 0.25) is 0 Å². The Kier molecular flexibility index (Phi) is 3.98. The summed E-state index contributed by atoms with van der Waals surface area (Å²) in [5.74, 6) is 0.420. The van der Waals surface area contributed by atoms with E-state index in [9.17, 15) is 4.79 Å². The molecule has 0 unspecified atom stereocenters. The minimum absolute atomic E-state index is 0.115. The van der Waals surface area contributed by atoms with Gasteiger partial charge in [0.15, 0.2) is 0 Å². The number of aromatic nitrogens is 1. The molecule has 4 nitrogen and oxygen atoms in total. The Labute approximate surface area is 136 Å². The maximum absolute atomic E-state index is 12.2. The Balaban J connectivity index is 1.79. The molecule has 0 atom stereocenters. The first-order valence-corrected chi connectivity index (χ1v) is 7.71.